The number of carbonyl (C=O) groups is 3. The molecule has 0 bridgehead atoms. The number of aromatic nitrogens is 1. The lowest BCUT2D eigenvalue weighted by Crippen LogP contribution is -2.41. The zero-order valence-corrected chi connectivity index (χ0v) is 30.1. The van der Waals surface area contributed by atoms with E-state index in [2.05, 4.69) is 5.32 Å². The van der Waals surface area contributed by atoms with Crippen molar-refractivity contribution in [3.05, 3.63) is 161 Å². The summed E-state index contributed by atoms with van der Waals surface area (Å²) in [5.41, 5.74) is 6.01. The molecule has 0 spiro atoms. The highest BCUT2D eigenvalue weighted by Crippen LogP contribution is 2.39. The normalized spacial score (nSPS) is 19.8. The second-order valence-electron chi connectivity index (χ2n) is 13.1. The summed E-state index contributed by atoms with van der Waals surface area (Å²) in [5, 5.41) is 24.9. The van der Waals surface area contributed by atoms with Crippen LogP contribution in [0, 0.1) is 5.21 Å². The third kappa shape index (κ3) is 8.97. The molecular formula is C42H39N3O8S. The van der Waals surface area contributed by atoms with Gasteiger partial charge in [0.25, 0.3) is 10.9 Å². The maximum absolute atomic E-state index is 13.2. The molecule has 0 aliphatic carbocycles. The van der Waals surface area contributed by atoms with Gasteiger partial charge in [0.1, 0.15) is 12.6 Å². The van der Waals surface area contributed by atoms with E-state index in [0.29, 0.717) is 17.2 Å². The average Bonchev–Trinajstić information content (AvgIpc) is 3.47. The molecule has 1 unspecified atom stereocenters. The third-order valence-electron chi connectivity index (χ3n) is 9.35. The summed E-state index contributed by atoms with van der Waals surface area (Å²) < 4.78 is 19.0. The van der Waals surface area contributed by atoms with Gasteiger partial charge in [-0.3, -0.25) is 14.5 Å². The van der Waals surface area contributed by atoms with Gasteiger partial charge in [-0.1, -0.05) is 109 Å². The summed E-state index contributed by atoms with van der Waals surface area (Å²) in [7, 11) is 0. The van der Waals surface area contributed by atoms with Gasteiger partial charge in [0.2, 0.25) is 5.91 Å². The van der Waals surface area contributed by atoms with Crippen molar-refractivity contribution in [2.75, 3.05) is 5.75 Å². The lowest BCUT2D eigenvalue weighted by atomic mass is 9.99. The van der Waals surface area contributed by atoms with Crippen LogP contribution in [-0.4, -0.2) is 45.8 Å². The van der Waals surface area contributed by atoms with E-state index >= 15 is 0 Å². The number of hydrogen-bond donors (Lipinski definition) is 2. The van der Waals surface area contributed by atoms with Crippen molar-refractivity contribution in [3.8, 4) is 11.1 Å². The molecule has 2 saturated heterocycles. The Balaban J connectivity index is 1.00. The molecule has 3 amide bonds. The van der Waals surface area contributed by atoms with E-state index < -0.39 is 24.3 Å². The first-order valence-corrected chi connectivity index (χ1v) is 18.6. The first kappa shape index (κ1) is 36.8. The van der Waals surface area contributed by atoms with Gasteiger partial charge in [0.05, 0.1) is 31.8 Å². The van der Waals surface area contributed by atoms with Crippen LogP contribution in [0.5, 0.6) is 0 Å². The highest BCUT2D eigenvalue weighted by molar-refractivity contribution is 7.99. The standard InChI is InChI=1S/C42H39N3O8S/c46-25-28-12-14-32(15-13-28)37-22-35(27-54-39-11-4-5-20-45(39)50)52-41(53-37)33-18-16-31(17-19-33)34-10-6-9-30(21-34)24-44-38(47)23-36(40(44)48)43-42(49)51-26-29-7-2-1-3-8-29/h1-21,35-37,41,46H,22-27H2,(H,43,49)/t35-,36?,37+,41+/m1/s1. The van der Waals surface area contributed by atoms with Crippen molar-refractivity contribution < 1.29 is 38.4 Å². The van der Waals surface area contributed by atoms with Crippen LogP contribution < -0.4 is 10.0 Å². The van der Waals surface area contributed by atoms with Crippen LogP contribution in [0.15, 0.2) is 133 Å². The quantitative estimate of drug-likeness (QED) is 0.0645. The van der Waals surface area contributed by atoms with E-state index in [9.17, 15) is 24.7 Å². The minimum atomic E-state index is -0.986. The molecule has 0 radical (unpaired) electrons. The Morgan fingerprint density at radius 1 is 0.852 bits per heavy atom. The third-order valence-corrected chi connectivity index (χ3v) is 10.5. The summed E-state index contributed by atoms with van der Waals surface area (Å²) in [6.07, 6.45) is 0.0455. The topological polar surface area (TPSA) is 141 Å². The molecule has 2 aliphatic heterocycles. The van der Waals surface area contributed by atoms with Gasteiger partial charge >= 0.3 is 6.09 Å². The number of benzene rings is 4. The predicted octanol–water partition coefficient (Wildman–Crippen LogP) is 6.37. The number of imide groups is 1. The van der Waals surface area contributed by atoms with Crippen molar-refractivity contribution in [2.24, 2.45) is 0 Å². The Hall–Kier alpha value is -5.53. The van der Waals surface area contributed by atoms with E-state index in [1.165, 1.54) is 22.9 Å². The van der Waals surface area contributed by atoms with Gasteiger partial charge in [0, 0.05) is 29.9 Å². The van der Waals surface area contributed by atoms with Crippen LogP contribution in [0.25, 0.3) is 11.1 Å². The lowest BCUT2D eigenvalue weighted by molar-refractivity contribution is -0.645. The van der Waals surface area contributed by atoms with Crippen LogP contribution in [0.1, 0.15) is 53.1 Å². The number of thioether (sulfide) groups is 1. The van der Waals surface area contributed by atoms with E-state index in [4.69, 9.17) is 14.2 Å². The second kappa shape index (κ2) is 17.1. The van der Waals surface area contributed by atoms with Gasteiger partial charge < -0.3 is 29.8 Å². The molecule has 4 atom stereocenters. The number of pyridine rings is 1. The lowest BCUT2D eigenvalue weighted by Gasteiger charge is -2.36. The second-order valence-corrected chi connectivity index (χ2v) is 14.2. The maximum Gasteiger partial charge on any atom is 0.408 e. The molecule has 2 N–H and O–H groups in total. The molecular weight excluding hydrogens is 707 g/mol. The van der Waals surface area contributed by atoms with Crippen LogP contribution in [0.3, 0.4) is 0 Å². The van der Waals surface area contributed by atoms with Crippen molar-refractivity contribution in [1.82, 2.24) is 10.2 Å². The molecule has 2 fully saturated rings. The van der Waals surface area contributed by atoms with Gasteiger partial charge in [-0.05, 0) is 45.5 Å². The number of nitrogens with one attached hydrogen (secondary N) is 1. The van der Waals surface area contributed by atoms with Crippen molar-refractivity contribution in [3.63, 3.8) is 0 Å². The number of rotatable bonds is 12. The molecule has 54 heavy (non-hydrogen) atoms. The Morgan fingerprint density at radius 2 is 1.59 bits per heavy atom. The predicted molar refractivity (Wildman–Crippen MR) is 200 cm³/mol. The van der Waals surface area contributed by atoms with Crippen molar-refractivity contribution in [2.45, 2.75) is 62.2 Å². The minimum absolute atomic E-state index is 0.0430. The van der Waals surface area contributed by atoms with Crippen LogP contribution in [-0.2, 0) is 43.6 Å². The first-order chi connectivity index (χ1) is 26.3. The molecule has 12 heteroatoms. The maximum atomic E-state index is 13.2. The fourth-order valence-electron chi connectivity index (χ4n) is 6.46. The summed E-state index contributed by atoms with van der Waals surface area (Å²) in [6, 6.07) is 36.7. The van der Waals surface area contributed by atoms with E-state index in [-0.39, 0.29) is 44.3 Å². The monoisotopic (exact) mass is 745 g/mol. The molecule has 0 saturated carbocycles. The highest BCUT2D eigenvalue weighted by atomic mass is 32.2. The number of carbonyl (C=O) groups excluding carboxylic acids is 3. The van der Waals surface area contributed by atoms with Gasteiger partial charge in [-0.15, -0.1) is 0 Å². The summed E-state index contributed by atoms with van der Waals surface area (Å²) in [5.74, 6) is -0.292. The first-order valence-electron chi connectivity index (χ1n) is 17.7. The molecule has 3 heterocycles. The zero-order chi connectivity index (χ0) is 37.4. The van der Waals surface area contributed by atoms with E-state index in [0.717, 1.165) is 43.7 Å². The SMILES string of the molecule is O=C(NC1CC(=O)N(Cc2cccc(-c3ccc([C@H]4O[C@@H](CSc5cccc[n+]5[O-])C[C@@H](c5ccc(CO)cc5)O4)cc3)c2)C1=O)OCc1ccccc1. The number of nitrogens with zero attached hydrogens (tertiary/aromatic N) is 2. The highest BCUT2D eigenvalue weighted by Gasteiger charge is 2.40. The summed E-state index contributed by atoms with van der Waals surface area (Å²) >= 11 is 1.44. The van der Waals surface area contributed by atoms with Crippen LogP contribution in [0.2, 0.25) is 0 Å². The van der Waals surface area contributed by atoms with E-state index in [1.54, 1.807) is 12.1 Å². The number of alkyl carbamates (subject to hydrolysis) is 1. The van der Waals surface area contributed by atoms with Crippen molar-refractivity contribution in [1.29, 1.82) is 0 Å². The zero-order valence-electron chi connectivity index (χ0n) is 29.3. The molecule has 5 aromatic rings. The number of amides is 3. The minimum Gasteiger partial charge on any atom is -0.618 e. The summed E-state index contributed by atoms with van der Waals surface area (Å²) in [6.45, 7) is 0.0807. The van der Waals surface area contributed by atoms with Crippen LogP contribution >= 0.6 is 11.8 Å². The Bertz CT molecular complexity index is 2080. The number of hydrogen-bond acceptors (Lipinski definition) is 9. The number of ether oxygens (including phenoxy) is 3. The van der Waals surface area contributed by atoms with E-state index in [1.807, 2.05) is 109 Å². The van der Waals surface area contributed by atoms with Gasteiger partial charge in [-0.2, -0.15) is 4.73 Å². The number of likely N-dealkylation sites (tertiary alicyclic amines) is 1. The van der Waals surface area contributed by atoms with Gasteiger partial charge in [0.15, 0.2) is 12.5 Å². The molecule has 276 valence electrons. The van der Waals surface area contributed by atoms with Crippen LogP contribution in [0.4, 0.5) is 4.79 Å². The largest absolute Gasteiger partial charge is 0.618 e. The average molecular weight is 746 g/mol. The Labute approximate surface area is 317 Å². The molecule has 7 rings (SSSR count). The molecule has 4 aromatic carbocycles. The summed E-state index contributed by atoms with van der Waals surface area (Å²) in [4.78, 5) is 39.6. The molecule has 2 aliphatic rings. The van der Waals surface area contributed by atoms with Gasteiger partial charge in [-0.25, -0.2) is 4.79 Å². The fraction of sp³-hybridized carbons (Fsp3) is 0.238. The fourth-order valence-corrected chi connectivity index (χ4v) is 7.39. The molecule has 1 aromatic heterocycles. The Morgan fingerprint density at radius 3 is 2.35 bits per heavy atom. The van der Waals surface area contributed by atoms with Crippen molar-refractivity contribution >= 4 is 29.7 Å². The smallest absolute Gasteiger partial charge is 0.408 e. The molecule has 11 nitrogen and oxygen atoms in total. The Kier molecular flexibility index (Phi) is 11.6. The number of aliphatic hydroxyl groups is 1. The number of aliphatic hydroxyl groups excluding tert-OH is 1.